The second-order valence-electron chi connectivity index (χ2n) is 3.18. The monoisotopic (exact) mass is 283 g/mol. The number of hydrogen-bond donors (Lipinski definition) is 2. The zero-order valence-electron chi connectivity index (χ0n) is 9.07. The lowest BCUT2D eigenvalue weighted by molar-refractivity contribution is -0.384. The maximum absolute atomic E-state index is 10.5. The van der Waals surface area contributed by atoms with Crippen LogP contribution >= 0.6 is 23.1 Å². The van der Waals surface area contributed by atoms with Crippen molar-refractivity contribution in [2.24, 2.45) is 5.84 Å². The van der Waals surface area contributed by atoms with E-state index >= 15 is 0 Å². The van der Waals surface area contributed by atoms with Crippen molar-refractivity contribution in [1.82, 2.24) is 10.2 Å². The lowest BCUT2D eigenvalue weighted by Crippen LogP contribution is -2.05. The summed E-state index contributed by atoms with van der Waals surface area (Å²) in [4.78, 5) is 11.0. The van der Waals surface area contributed by atoms with Crippen molar-refractivity contribution in [3.63, 3.8) is 0 Å². The standard InChI is InChI=1S/C9H9N5O2S2/c10-11-9-13-12-8(18-9)5-17-7-3-1-6(2-4-7)14(15)16/h1-4H,5,10H2,(H,11,13). The van der Waals surface area contributed by atoms with Gasteiger partial charge in [0.2, 0.25) is 5.13 Å². The second-order valence-corrected chi connectivity index (χ2v) is 5.30. The van der Waals surface area contributed by atoms with Gasteiger partial charge in [-0.2, -0.15) is 0 Å². The van der Waals surface area contributed by atoms with Crippen LogP contribution in [0.1, 0.15) is 5.01 Å². The lowest BCUT2D eigenvalue weighted by Gasteiger charge is -1.98. The van der Waals surface area contributed by atoms with Gasteiger partial charge in [-0.1, -0.05) is 11.3 Å². The molecule has 0 aliphatic carbocycles. The van der Waals surface area contributed by atoms with Crippen LogP contribution in [-0.2, 0) is 5.75 Å². The number of nitrogens with two attached hydrogens (primary N) is 1. The molecular formula is C9H9N5O2S2. The molecule has 94 valence electrons. The summed E-state index contributed by atoms with van der Waals surface area (Å²) in [6.45, 7) is 0. The van der Waals surface area contributed by atoms with Crippen LogP contribution in [0.3, 0.4) is 0 Å². The first-order valence-corrected chi connectivity index (χ1v) is 6.65. The van der Waals surface area contributed by atoms with Crippen LogP contribution in [0, 0.1) is 10.1 Å². The van der Waals surface area contributed by atoms with Gasteiger partial charge in [-0.05, 0) is 12.1 Å². The molecule has 2 rings (SSSR count). The molecule has 0 atom stereocenters. The molecule has 1 heterocycles. The summed E-state index contributed by atoms with van der Waals surface area (Å²) in [6.07, 6.45) is 0. The van der Waals surface area contributed by atoms with Crippen LogP contribution < -0.4 is 11.3 Å². The van der Waals surface area contributed by atoms with Gasteiger partial charge in [0, 0.05) is 17.0 Å². The molecule has 0 saturated carbocycles. The summed E-state index contributed by atoms with van der Waals surface area (Å²) in [5.41, 5.74) is 2.51. The number of aromatic nitrogens is 2. The van der Waals surface area contributed by atoms with Crippen LogP contribution in [-0.4, -0.2) is 15.1 Å². The van der Waals surface area contributed by atoms with Gasteiger partial charge >= 0.3 is 0 Å². The summed E-state index contributed by atoms with van der Waals surface area (Å²) < 4.78 is 0. The highest BCUT2D eigenvalue weighted by Gasteiger charge is 2.06. The number of benzene rings is 1. The fraction of sp³-hybridized carbons (Fsp3) is 0.111. The van der Waals surface area contributed by atoms with Crippen molar-refractivity contribution < 1.29 is 4.92 Å². The van der Waals surface area contributed by atoms with Crippen molar-refractivity contribution in [3.05, 3.63) is 39.4 Å². The number of nitrogens with one attached hydrogen (secondary N) is 1. The number of hydrazine groups is 1. The number of nitro groups is 1. The van der Waals surface area contributed by atoms with E-state index in [2.05, 4.69) is 15.6 Å². The molecule has 0 saturated heterocycles. The average molecular weight is 283 g/mol. The molecule has 0 bridgehead atoms. The first-order chi connectivity index (χ1) is 8.69. The Bertz CT molecular complexity index is 542. The van der Waals surface area contributed by atoms with E-state index in [1.807, 2.05) is 0 Å². The minimum atomic E-state index is -0.418. The largest absolute Gasteiger partial charge is 0.298 e. The van der Waals surface area contributed by atoms with E-state index in [1.54, 1.807) is 12.1 Å². The number of nitro benzene ring substituents is 1. The van der Waals surface area contributed by atoms with Gasteiger partial charge in [-0.25, -0.2) is 5.84 Å². The smallest absolute Gasteiger partial charge is 0.269 e. The maximum atomic E-state index is 10.5. The number of rotatable bonds is 5. The summed E-state index contributed by atoms with van der Waals surface area (Å²) in [5, 5.41) is 19.7. The van der Waals surface area contributed by atoms with Gasteiger partial charge in [0.05, 0.1) is 10.7 Å². The molecular weight excluding hydrogens is 274 g/mol. The Kier molecular flexibility index (Phi) is 4.07. The highest BCUT2D eigenvalue weighted by atomic mass is 32.2. The van der Waals surface area contributed by atoms with Crippen LogP contribution in [0.2, 0.25) is 0 Å². The molecule has 3 N–H and O–H groups in total. The summed E-state index contributed by atoms with van der Waals surface area (Å²) >= 11 is 2.91. The Morgan fingerprint density at radius 2 is 2.11 bits per heavy atom. The minimum absolute atomic E-state index is 0.0879. The van der Waals surface area contributed by atoms with E-state index in [0.29, 0.717) is 10.9 Å². The Morgan fingerprint density at radius 1 is 1.39 bits per heavy atom. The molecule has 2 aromatic rings. The molecule has 9 heteroatoms. The molecule has 0 radical (unpaired) electrons. The van der Waals surface area contributed by atoms with E-state index in [4.69, 9.17) is 5.84 Å². The summed E-state index contributed by atoms with van der Waals surface area (Å²) in [6, 6.07) is 6.39. The predicted octanol–water partition coefficient (Wildman–Crippen LogP) is 2.02. The van der Waals surface area contributed by atoms with Gasteiger partial charge in [-0.15, -0.1) is 22.0 Å². The molecule has 1 aromatic heterocycles. The SMILES string of the molecule is NNc1nnc(CSc2ccc([N+](=O)[O-])cc2)s1. The van der Waals surface area contributed by atoms with Crippen LogP contribution in [0.5, 0.6) is 0 Å². The zero-order valence-corrected chi connectivity index (χ0v) is 10.7. The zero-order chi connectivity index (χ0) is 13.0. The van der Waals surface area contributed by atoms with Crippen molar-refractivity contribution in [1.29, 1.82) is 0 Å². The van der Waals surface area contributed by atoms with Crippen LogP contribution in [0.4, 0.5) is 10.8 Å². The molecule has 0 spiro atoms. The van der Waals surface area contributed by atoms with E-state index in [0.717, 1.165) is 9.90 Å². The molecule has 1 aromatic carbocycles. The number of hydrogen-bond acceptors (Lipinski definition) is 8. The second kappa shape index (κ2) is 5.76. The van der Waals surface area contributed by atoms with Crippen molar-refractivity contribution in [3.8, 4) is 0 Å². The number of nitrogens with zero attached hydrogens (tertiary/aromatic N) is 3. The number of thioether (sulfide) groups is 1. The highest BCUT2D eigenvalue weighted by Crippen LogP contribution is 2.26. The predicted molar refractivity (Wildman–Crippen MR) is 70.4 cm³/mol. The topological polar surface area (TPSA) is 107 Å². The Morgan fingerprint density at radius 3 is 2.67 bits per heavy atom. The van der Waals surface area contributed by atoms with Crippen molar-refractivity contribution in [2.75, 3.05) is 5.43 Å². The van der Waals surface area contributed by atoms with Gasteiger partial charge in [0.25, 0.3) is 5.69 Å². The summed E-state index contributed by atoms with van der Waals surface area (Å²) in [5.74, 6) is 5.85. The van der Waals surface area contributed by atoms with Crippen molar-refractivity contribution in [2.45, 2.75) is 10.6 Å². The molecule has 0 aliphatic rings. The van der Waals surface area contributed by atoms with Gasteiger partial charge < -0.3 is 0 Å². The third-order valence-electron chi connectivity index (χ3n) is 2.00. The molecule has 0 unspecified atom stereocenters. The quantitative estimate of drug-likeness (QED) is 0.374. The third kappa shape index (κ3) is 3.15. The van der Waals surface area contributed by atoms with E-state index < -0.39 is 4.92 Å². The van der Waals surface area contributed by atoms with Gasteiger partial charge in [-0.3, -0.25) is 15.5 Å². The molecule has 18 heavy (non-hydrogen) atoms. The van der Waals surface area contributed by atoms with Gasteiger partial charge in [0.15, 0.2) is 0 Å². The fourth-order valence-electron chi connectivity index (χ4n) is 1.18. The molecule has 0 fully saturated rings. The average Bonchev–Trinajstić information content (AvgIpc) is 2.85. The summed E-state index contributed by atoms with van der Waals surface area (Å²) in [7, 11) is 0. The van der Waals surface area contributed by atoms with E-state index in [-0.39, 0.29) is 5.69 Å². The fourth-order valence-corrected chi connectivity index (χ4v) is 2.71. The lowest BCUT2D eigenvalue weighted by atomic mass is 10.3. The molecule has 7 nitrogen and oxygen atoms in total. The molecule has 0 amide bonds. The highest BCUT2D eigenvalue weighted by molar-refractivity contribution is 7.98. The third-order valence-corrected chi connectivity index (χ3v) is 4.06. The maximum Gasteiger partial charge on any atom is 0.269 e. The molecule has 0 aliphatic heterocycles. The first kappa shape index (κ1) is 12.7. The van der Waals surface area contributed by atoms with Crippen LogP contribution in [0.15, 0.2) is 29.2 Å². The Labute approximate surface area is 111 Å². The number of nitrogen functional groups attached to an aromatic ring is 1. The number of non-ortho nitro benzene ring substituents is 1. The Balaban J connectivity index is 1.95. The van der Waals surface area contributed by atoms with E-state index in [9.17, 15) is 10.1 Å². The minimum Gasteiger partial charge on any atom is -0.298 e. The first-order valence-electron chi connectivity index (χ1n) is 4.85. The van der Waals surface area contributed by atoms with Gasteiger partial charge in [0.1, 0.15) is 5.01 Å². The Hall–Kier alpha value is -1.71. The normalized spacial score (nSPS) is 10.3. The van der Waals surface area contributed by atoms with E-state index in [1.165, 1.54) is 35.2 Å². The van der Waals surface area contributed by atoms with Crippen LogP contribution in [0.25, 0.3) is 0 Å². The van der Waals surface area contributed by atoms with Crippen molar-refractivity contribution >= 4 is 33.9 Å². The number of anilines is 1.